The first-order chi connectivity index (χ1) is 10.9. The zero-order chi connectivity index (χ0) is 16.6. The Balaban J connectivity index is 1.84. The molecule has 3 rings (SSSR count). The van der Waals surface area contributed by atoms with E-state index in [9.17, 15) is 9.18 Å². The summed E-state index contributed by atoms with van der Waals surface area (Å²) in [5.41, 5.74) is 3.11. The number of halogens is 2. The Morgan fingerprint density at radius 3 is 2.65 bits per heavy atom. The van der Waals surface area contributed by atoms with E-state index in [1.807, 2.05) is 6.20 Å². The zero-order valence-corrected chi connectivity index (χ0v) is 14.1. The second-order valence-electron chi connectivity index (χ2n) is 6.69. The van der Waals surface area contributed by atoms with Crippen molar-refractivity contribution < 1.29 is 9.18 Å². The molecule has 0 bridgehead atoms. The number of fused-ring (bicyclic) bond motifs is 1. The van der Waals surface area contributed by atoms with Gasteiger partial charge in [0.15, 0.2) is 0 Å². The average molecular weight is 335 g/mol. The molecule has 122 valence electrons. The highest BCUT2D eigenvalue weighted by molar-refractivity contribution is 6.27. The Bertz CT molecular complexity index is 679. The van der Waals surface area contributed by atoms with Gasteiger partial charge in [-0.3, -0.25) is 4.79 Å². The molecule has 0 unspecified atom stereocenters. The van der Waals surface area contributed by atoms with E-state index in [1.165, 1.54) is 17.7 Å². The van der Waals surface area contributed by atoms with Crippen LogP contribution < -0.4 is 0 Å². The third-order valence-electron chi connectivity index (χ3n) is 4.40. The molecule has 1 fully saturated rings. The van der Waals surface area contributed by atoms with Crippen molar-refractivity contribution in [2.24, 2.45) is 5.41 Å². The molecule has 0 spiro atoms. The van der Waals surface area contributed by atoms with Crippen LogP contribution in [0.3, 0.4) is 0 Å². The van der Waals surface area contributed by atoms with Crippen LogP contribution in [0.5, 0.6) is 0 Å². The van der Waals surface area contributed by atoms with Crippen molar-refractivity contribution >= 4 is 17.5 Å². The maximum absolute atomic E-state index is 13.0. The Hall–Kier alpha value is -1.81. The third-order valence-corrected chi connectivity index (χ3v) is 4.63. The van der Waals surface area contributed by atoms with Crippen LogP contribution in [-0.4, -0.2) is 34.7 Å². The highest BCUT2D eigenvalue weighted by atomic mass is 35.5. The number of benzene rings is 1. The fourth-order valence-corrected chi connectivity index (χ4v) is 3.39. The second kappa shape index (κ2) is 6.00. The van der Waals surface area contributed by atoms with Gasteiger partial charge in [0.2, 0.25) is 5.91 Å². The summed E-state index contributed by atoms with van der Waals surface area (Å²) in [6.07, 6.45) is 4.21. The molecule has 2 aliphatic rings. The van der Waals surface area contributed by atoms with E-state index >= 15 is 0 Å². The maximum Gasteiger partial charge on any atom is 0.241 e. The fraction of sp³-hybridized carbons (Fsp3) is 0.389. The SMILES string of the molecule is CC1(C)CN(C(=O)CCl)C2=CN(Cc3ccc(F)cc3)CC=C21. The summed E-state index contributed by atoms with van der Waals surface area (Å²) in [6, 6.07) is 6.51. The van der Waals surface area contributed by atoms with E-state index in [-0.39, 0.29) is 23.0 Å². The highest BCUT2D eigenvalue weighted by Gasteiger charge is 2.41. The van der Waals surface area contributed by atoms with Crippen molar-refractivity contribution in [1.82, 2.24) is 9.80 Å². The zero-order valence-electron chi connectivity index (χ0n) is 13.4. The first-order valence-corrected chi connectivity index (χ1v) is 8.22. The van der Waals surface area contributed by atoms with Crippen molar-refractivity contribution in [3.63, 3.8) is 0 Å². The third kappa shape index (κ3) is 3.13. The van der Waals surface area contributed by atoms with Crippen molar-refractivity contribution in [3.8, 4) is 0 Å². The van der Waals surface area contributed by atoms with Crippen LogP contribution in [0.15, 0.2) is 47.8 Å². The highest BCUT2D eigenvalue weighted by Crippen LogP contribution is 2.43. The van der Waals surface area contributed by atoms with Crippen LogP contribution >= 0.6 is 11.6 Å². The van der Waals surface area contributed by atoms with Crippen molar-refractivity contribution in [2.75, 3.05) is 19.0 Å². The van der Waals surface area contributed by atoms with Gasteiger partial charge in [0.1, 0.15) is 11.7 Å². The van der Waals surface area contributed by atoms with E-state index in [0.717, 1.165) is 17.8 Å². The quantitative estimate of drug-likeness (QED) is 0.790. The lowest BCUT2D eigenvalue weighted by Gasteiger charge is -2.28. The predicted octanol–water partition coefficient (Wildman–Crippen LogP) is 3.52. The van der Waals surface area contributed by atoms with E-state index < -0.39 is 0 Å². The molecule has 23 heavy (non-hydrogen) atoms. The van der Waals surface area contributed by atoms with Crippen LogP contribution in [0, 0.1) is 11.2 Å². The van der Waals surface area contributed by atoms with Gasteiger partial charge in [0.05, 0.1) is 5.70 Å². The molecule has 3 nitrogen and oxygen atoms in total. The number of likely N-dealkylation sites (tertiary alicyclic amines) is 1. The lowest BCUT2D eigenvalue weighted by atomic mass is 9.85. The normalized spacial score (nSPS) is 19.3. The van der Waals surface area contributed by atoms with Gasteiger partial charge in [-0.1, -0.05) is 32.1 Å². The summed E-state index contributed by atoms with van der Waals surface area (Å²) < 4.78 is 13.0. The Kier molecular flexibility index (Phi) is 4.19. The second-order valence-corrected chi connectivity index (χ2v) is 6.95. The molecule has 1 aromatic rings. The van der Waals surface area contributed by atoms with Crippen molar-refractivity contribution in [2.45, 2.75) is 20.4 Å². The van der Waals surface area contributed by atoms with Gasteiger partial charge in [0, 0.05) is 31.2 Å². The Labute approximate surface area is 141 Å². The first kappa shape index (κ1) is 16.1. The van der Waals surface area contributed by atoms with Gasteiger partial charge < -0.3 is 9.80 Å². The molecular weight excluding hydrogens is 315 g/mol. The van der Waals surface area contributed by atoms with Gasteiger partial charge in [-0.05, 0) is 23.3 Å². The summed E-state index contributed by atoms with van der Waals surface area (Å²) in [7, 11) is 0. The minimum absolute atomic E-state index is 0.0152. The number of allylic oxidation sites excluding steroid dienone is 1. The van der Waals surface area contributed by atoms with Gasteiger partial charge >= 0.3 is 0 Å². The number of amides is 1. The predicted molar refractivity (Wildman–Crippen MR) is 89.2 cm³/mol. The van der Waals surface area contributed by atoms with E-state index in [1.54, 1.807) is 17.0 Å². The van der Waals surface area contributed by atoms with Crippen LogP contribution in [0.1, 0.15) is 19.4 Å². The molecule has 1 aromatic carbocycles. The van der Waals surface area contributed by atoms with Gasteiger partial charge in [0.25, 0.3) is 0 Å². The first-order valence-electron chi connectivity index (χ1n) is 7.68. The van der Waals surface area contributed by atoms with E-state index in [4.69, 9.17) is 11.6 Å². The van der Waals surface area contributed by atoms with Crippen LogP contribution in [0.2, 0.25) is 0 Å². The molecule has 0 saturated carbocycles. The number of carbonyl (C=O) groups is 1. The number of alkyl halides is 1. The van der Waals surface area contributed by atoms with Gasteiger partial charge in [-0.15, -0.1) is 11.6 Å². The smallest absolute Gasteiger partial charge is 0.241 e. The van der Waals surface area contributed by atoms with E-state index in [2.05, 4.69) is 24.8 Å². The standard InChI is InChI=1S/C18H20ClFN2O/c1-18(2)12-22(17(23)9-19)16-11-21(8-7-15(16)18)10-13-3-5-14(20)6-4-13/h3-7,11H,8-10,12H2,1-2H3. The summed E-state index contributed by atoms with van der Waals surface area (Å²) in [4.78, 5) is 16.0. The molecule has 2 aliphatic heterocycles. The number of nitrogens with zero attached hydrogens (tertiary/aromatic N) is 2. The minimum atomic E-state index is -0.232. The fourth-order valence-electron chi connectivity index (χ4n) is 3.24. The topological polar surface area (TPSA) is 23.6 Å². The van der Waals surface area contributed by atoms with E-state index in [0.29, 0.717) is 13.1 Å². The lowest BCUT2D eigenvalue weighted by Crippen LogP contribution is -2.31. The molecule has 0 N–H and O–H groups in total. The van der Waals surface area contributed by atoms with Crippen molar-refractivity contribution in [1.29, 1.82) is 0 Å². The number of hydrogen-bond donors (Lipinski definition) is 0. The minimum Gasteiger partial charge on any atom is -0.368 e. The molecule has 1 saturated heterocycles. The van der Waals surface area contributed by atoms with Crippen LogP contribution in [0.4, 0.5) is 4.39 Å². The summed E-state index contributed by atoms with van der Waals surface area (Å²) in [5, 5.41) is 0. The largest absolute Gasteiger partial charge is 0.368 e. The Morgan fingerprint density at radius 2 is 2.00 bits per heavy atom. The summed E-state index contributed by atoms with van der Waals surface area (Å²) >= 11 is 5.75. The average Bonchev–Trinajstić information content (AvgIpc) is 2.80. The molecule has 1 amide bonds. The summed E-state index contributed by atoms with van der Waals surface area (Å²) in [5.74, 6) is -0.319. The molecule has 0 aliphatic carbocycles. The molecule has 5 heteroatoms. The molecule has 0 atom stereocenters. The van der Waals surface area contributed by atoms with Crippen LogP contribution in [0.25, 0.3) is 0 Å². The van der Waals surface area contributed by atoms with Crippen LogP contribution in [-0.2, 0) is 11.3 Å². The maximum atomic E-state index is 13.0. The number of rotatable bonds is 3. The summed E-state index contributed by atoms with van der Waals surface area (Å²) in [6.45, 7) is 6.40. The van der Waals surface area contributed by atoms with Gasteiger partial charge in [-0.25, -0.2) is 4.39 Å². The number of hydrogen-bond acceptors (Lipinski definition) is 2. The molecule has 0 aromatic heterocycles. The van der Waals surface area contributed by atoms with Crippen molar-refractivity contribution in [3.05, 3.63) is 59.2 Å². The Morgan fingerprint density at radius 1 is 1.30 bits per heavy atom. The monoisotopic (exact) mass is 334 g/mol. The molecular formula is C18H20ClFN2O. The number of carbonyl (C=O) groups excluding carboxylic acids is 1. The lowest BCUT2D eigenvalue weighted by molar-refractivity contribution is -0.126. The molecule has 0 radical (unpaired) electrons. The molecule has 2 heterocycles. The van der Waals surface area contributed by atoms with Gasteiger partial charge in [-0.2, -0.15) is 0 Å².